The molecule has 9 heteroatoms. The smallest absolute Gasteiger partial charge is 0.243 e. The predicted octanol–water partition coefficient (Wildman–Crippen LogP) is 4.80. The second kappa shape index (κ2) is 10.3. The number of hydrogen-bond donors (Lipinski definition) is 0. The molecule has 1 atom stereocenters. The zero-order valence-corrected chi connectivity index (χ0v) is 21.7. The highest BCUT2D eigenvalue weighted by molar-refractivity contribution is 7.89. The number of aryl methyl sites for hydroxylation is 1. The Bertz CT molecular complexity index is 1340. The normalized spacial score (nSPS) is 17.8. The van der Waals surface area contributed by atoms with E-state index in [1.54, 1.807) is 58.7 Å². The number of para-hydroxylation sites is 1. The van der Waals surface area contributed by atoms with Crippen LogP contribution in [0.3, 0.4) is 0 Å². The highest BCUT2D eigenvalue weighted by Crippen LogP contribution is 2.35. The van der Waals surface area contributed by atoms with E-state index in [1.165, 1.54) is 15.2 Å². The van der Waals surface area contributed by atoms with Crippen LogP contribution >= 0.6 is 11.3 Å². The number of sulfonamides is 1. The first kappa shape index (κ1) is 24.9. The lowest BCUT2D eigenvalue weighted by Crippen LogP contribution is -2.48. The monoisotopic (exact) mass is 528 g/mol. The van der Waals surface area contributed by atoms with Gasteiger partial charge >= 0.3 is 0 Å². The molecule has 1 saturated carbocycles. The van der Waals surface area contributed by atoms with E-state index in [-0.39, 0.29) is 35.6 Å². The molecule has 2 aromatic carbocycles. The number of nitrogens with zero attached hydrogens (tertiary/aromatic N) is 2. The predicted molar refractivity (Wildman–Crippen MR) is 137 cm³/mol. The standard InChI is InChI=1S/C27H29FN2O4S2/c1-19-6-10-21(11-7-19)36(32,33)29(16-20-8-9-20)17-27(31)30-14-12-26-22(13-15-35-26)24(30)18-34-25-5-3-2-4-23(25)28/h2-7,10-11,13,15,20,24H,8-9,12,14,16-18H2,1H3/t24-/m1/s1. The lowest BCUT2D eigenvalue weighted by Gasteiger charge is -2.37. The maximum Gasteiger partial charge on any atom is 0.243 e. The minimum Gasteiger partial charge on any atom is -0.488 e. The van der Waals surface area contributed by atoms with Gasteiger partial charge in [0.05, 0.1) is 17.5 Å². The van der Waals surface area contributed by atoms with E-state index in [0.717, 1.165) is 24.0 Å². The van der Waals surface area contributed by atoms with Crippen molar-refractivity contribution in [3.05, 3.63) is 81.8 Å². The third-order valence-electron chi connectivity index (χ3n) is 6.78. The van der Waals surface area contributed by atoms with E-state index in [9.17, 15) is 17.6 Å². The van der Waals surface area contributed by atoms with Gasteiger partial charge in [-0.25, -0.2) is 12.8 Å². The summed E-state index contributed by atoms with van der Waals surface area (Å²) in [6.07, 6.45) is 2.63. The summed E-state index contributed by atoms with van der Waals surface area (Å²) in [7, 11) is -3.83. The minimum absolute atomic E-state index is 0.0870. The van der Waals surface area contributed by atoms with Crippen molar-refractivity contribution in [3.63, 3.8) is 0 Å². The fraction of sp³-hybridized carbons (Fsp3) is 0.370. The molecule has 1 aromatic heterocycles. The Kier molecular flexibility index (Phi) is 7.14. The molecule has 6 nitrogen and oxygen atoms in total. The second-order valence-corrected chi connectivity index (χ2v) is 12.4. The molecule has 0 saturated heterocycles. The lowest BCUT2D eigenvalue weighted by molar-refractivity contribution is -0.135. The number of thiophene rings is 1. The molecule has 0 unspecified atom stereocenters. The molecular weight excluding hydrogens is 499 g/mol. The highest BCUT2D eigenvalue weighted by Gasteiger charge is 2.37. The maximum absolute atomic E-state index is 14.2. The molecule has 0 radical (unpaired) electrons. The van der Waals surface area contributed by atoms with Gasteiger partial charge in [0.2, 0.25) is 15.9 Å². The van der Waals surface area contributed by atoms with Gasteiger partial charge in [-0.1, -0.05) is 29.8 Å². The third-order valence-corrected chi connectivity index (χ3v) is 9.60. The van der Waals surface area contributed by atoms with Crippen LogP contribution in [0.15, 0.2) is 64.9 Å². The van der Waals surface area contributed by atoms with Crippen molar-refractivity contribution >= 4 is 27.3 Å². The Hall–Kier alpha value is -2.75. The first-order valence-corrected chi connectivity index (χ1v) is 14.4. The first-order chi connectivity index (χ1) is 17.3. The van der Waals surface area contributed by atoms with Crippen molar-refractivity contribution < 1.29 is 22.3 Å². The zero-order valence-electron chi connectivity index (χ0n) is 20.1. The summed E-state index contributed by atoms with van der Waals surface area (Å²) < 4.78 is 48.3. The number of carbonyl (C=O) groups excluding carboxylic acids is 1. The molecule has 0 bridgehead atoms. The maximum atomic E-state index is 14.2. The number of benzene rings is 2. The molecule has 1 amide bonds. The van der Waals surface area contributed by atoms with Gasteiger partial charge in [0.25, 0.3) is 0 Å². The van der Waals surface area contributed by atoms with Crippen LogP contribution in [0.4, 0.5) is 4.39 Å². The summed E-state index contributed by atoms with van der Waals surface area (Å²) in [5.41, 5.74) is 1.95. The van der Waals surface area contributed by atoms with E-state index in [2.05, 4.69) is 0 Å². The molecule has 36 heavy (non-hydrogen) atoms. The Morgan fingerprint density at radius 2 is 1.89 bits per heavy atom. The number of rotatable bonds is 9. The Morgan fingerprint density at radius 3 is 2.61 bits per heavy atom. The molecule has 0 spiro atoms. The van der Waals surface area contributed by atoms with E-state index in [1.807, 2.05) is 18.4 Å². The van der Waals surface area contributed by atoms with Gasteiger partial charge in [0.15, 0.2) is 11.6 Å². The number of hydrogen-bond acceptors (Lipinski definition) is 5. The summed E-state index contributed by atoms with van der Waals surface area (Å²) >= 11 is 1.63. The summed E-state index contributed by atoms with van der Waals surface area (Å²) in [6.45, 7) is 2.54. The van der Waals surface area contributed by atoms with Crippen LogP contribution in [-0.4, -0.2) is 49.8 Å². The zero-order chi connectivity index (χ0) is 25.3. The molecule has 5 rings (SSSR count). The SMILES string of the molecule is Cc1ccc(S(=O)(=O)N(CC(=O)N2CCc3sccc3[C@H]2COc2ccccc2F)CC2CC2)cc1. The second-order valence-electron chi connectivity index (χ2n) is 9.45. The first-order valence-electron chi connectivity index (χ1n) is 12.1. The van der Waals surface area contributed by atoms with Crippen molar-refractivity contribution in [1.29, 1.82) is 0 Å². The molecule has 0 N–H and O–H groups in total. The largest absolute Gasteiger partial charge is 0.488 e. The van der Waals surface area contributed by atoms with Gasteiger partial charge < -0.3 is 9.64 Å². The molecule has 1 aliphatic heterocycles. The molecule has 2 heterocycles. The number of halogens is 1. The van der Waals surface area contributed by atoms with Crippen molar-refractivity contribution in [2.75, 3.05) is 26.2 Å². The fourth-order valence-electron chi connectivity index (χ4n) is 4.54. The summed E-state index contributed by atoms with van der Waals surface area (Å²) in [5.74, 6) is -0.325. The molecule has 190 valence electrons. The van der Waals surface area contributed by atoms with Crippen LogP contribution in [0, 0.1) is 18.7 Å². The number of carbonyl (C=O) groups is 1. The highest BCUT2D eigenvalue weighted by atomic mass is 32.2. The topological polar surface area (TPSA) is 66.9 Å². The Labute approximate surface area is 215 Å². The number of ether oxygens (including phenoxy) is 1. The van der Waals surface area contributed by atoms with Crippen LogP contribution in [-0.2, 0) is 21.2 Å². The van der Waals surface area contributed by atoms with Gasteiger partial charge in [-0.3, -0.25) is 4.79 Å². The van der Waals surface area contributed by atoms with Gasteiger partial charge in [-0.2, -0.15) is 4.31 Å². The van der Waals surface area contributed by atoms with E-state index in [4.69, 9.17) is 4.74 Å². The molecule has 3 aromatic rings. The van der Waals surface area contributed by atoms with Crippen LogP contribution in [0.25, 0.3) is 0 Å². The van der Waals surface area contributed by atoms with Gasteiger partial charge in [0, 0.05) is 18.0 Å². The van der Waals surface area contributed by atoms with Crippen LogP contribution in [0.1, 0.15) is 34.9 Å². The molecule has 1 fully saturated rings. The van der Waals surface area contributed by atoms with Gasteiger partial charge in [0.1, 0.15) is 6.61 Å². The number of fused-ring (bicyclic) bond motifs is 1. The van der Waals surface area contributed by atoms with Gasteiger partial charge in [-0.05, 0) is 73.4 Å². The Morgan fingerprint density at radius 1 is 1.14 bits per heavy atom. The average Bonchev–Trinajstić information content (AvgIpc) is 3.55. The molecule has 1 aliphatic carbocycles. The summed E-state index contributed by atoms with van der Waals surface area (Å²) in [4.78, 5) is 16.7. The van der Waals surface area contributed by atoms with Crippen molar-refractivity contribution in [2.45, 2.75) is 37.1 Å². The quantitative estimate of drug-likeness (QED) is 0.400. The van der Waals surface area contributed by atoms with Crippen LogP contribution < -0.4 is 4.74 Å². The lowest BCUT2D eigenvalue weighted by atomic mass is 10.0. The van der Waals surface area contributed by atoms with Crippen molar-refractivity contribution in [3.8, 4) is 5.75 Å². The molecular formula is C27H29FN2O4S2. The van der Waals surface area contributed by atoms with E-state index >= 15 is 0 Å². The average molecular weight is 529 g/mol. The van der Waals surface area contributed by atoms with E-state index in [0.29, 0.717) is 19.5 Å². The van der Waals surface area contributed by atoms with Crippen molar-refractivity contribution in [1.82, 2.24) is 9.21 Å². The number of amides is 1. The van der Waals surface area contributed by atoms with Crippen LogP contribution in [0.2, 0.25) is 0 Å². The molecule has 2 aliphatic rings. The Balaban J connectivity index is 1.38. The summed E-state index contributed by atoms with van der Waals surface area (Å²) in [5, 5.41) is 1.98. The van der Waals surface area contributed by atoms with Gasteiger partial charge in [-0.15, -0.1) is 11.3 Å². The van der Waals surface area contributed by atoms with Crippen molar-refractivity contribution in [2.24, 2.45) is 5.92 Å². The third kappa shape index (κ3) is 5.33. The van der Waals surface area contributed by atoms with Crippen LogP contribution in [0.5, 0.6) is 5.75 Å². The fourth-order valence-corrected chi connectivity index (χ4v) is 6.94. The minimum atomic E-state index is -3.83. The van der Waals surface area contributed by atoms with E-state index < -0.39 is 21.9 Å². The summed E-state index contributed by atoms with van der Waals surface area (Å²) in [6, 6.07) is 14.5.